The van der Waals surface area contributed by atoms with E-state index >= 15 is 0 Å². The van der Waals surface area contributed by atoms with Crippen LogP contribution < -0.4 is 10.2 Å². The second-order valence-electron chi connectivity index (χ2n) is 7.08. The standard InChI is InChI=1S/C20H26N2O3/c1-14-6-8-17(22-10-4-5-11-22)16(12-14)19(23)21-13-20(3,24)18-9-7-15(2)25-18/h6-9,12,24H,4-5,10-11,13H2,1-3H3,(H,21,23). The van der Waals surface area contributed by atoms with Gasteiger partial charge in [0.05, 0.1) is 12.1 Å². The highest BCUT2D eigenvalue weighted by molar-refractivity contribution is 6.00. The molecule has 2 aromatic rings. The van der Waals surface area contributed by atoms with E-state index < -0.39 is 5.60 Å². The second-order valence-corrected chi connectivity index (χ2v) is 7.08. The van der Waals surface area contributed by atoms with Gasteiger partial charge in [-0.1, -0.05) is 11.6 Å². The number of aliphatic hydroxyl groups is 1. The molecule has 1 saturated heterocycles. The van der Waals surface area contributed by atoms with E-state index in [-0.39, 0.29) is 12.5 Å². The zero-order chi connectivity index (χ0) is 18.0. The number of nitrogens with zero attached hydrogens (tertiary/aromatic N) is 1. The normalized spacial score (nSPS) is 16.7. The summed E-state index contributed by atoms with van der Waals surface area (Å²) in [6.45, 7) is 7.49. The van der Waals surface area contributed by atoms with Crippen LogP contribution in [0.2, 0.25) is 0 Å². The average Bonchev–Trinajstić information content (AvgIpc) is 3.24. The molecular formula is C20H26N2O3. The van der Waals surface area contributed by atoms with Crippen molar-refractivity contribution in [3.63, 3.8) is 0 Å². The van der Waals surface area contributed by atoms with Crippen molar-refractivity contribution in [1.82, 2.24) is 5.32 Å². The molecule has 0 bridgehead atoms. The molecule has 0 spiro atoms. The van der Waals surface area contributed by atoms with Gasteiger partial charge in [-0.15, -0.1) is 0 Å². The number of nitrogens with one attached hydrogen (secondary N) is 1. The number of benzene rings is 1. The predicted octanol–water partition coefficient (Wildman–Crippen LogP) is 3.13. The molecule has 1 aliphatic heterocycles. The number of furan rings is 1. The Kier molecular flexibility index (Phi) is 4.86. The summed E-state index contributed by atoms with van der Waals surface area (Å²) >= 11 is 0. The molecule has 0 aliphatic carbocycles. The summed E-state index contributed by atoms with van der Waals surface area (Å²) in [5.74, 6) is 1.01. The highest BCUT2D eigenvalue weighted by atomic mass is 16.4. The van der Waals surface area contributed by atoms with Crippen LogP contribution in [0.15, 0.2) is 34.7 Å². The Labute approximate surface area is 148 Å². The van der Waals surface area contributed by atoms with Crippen LogP contribution in [0.5, 0.6) is 0 Å². The monoisotopic (exact) mass is 342 g/mol. The Hall–Kier alpha value is -2.27. The van der Waals surface area contributed by atoms with Crippen molar-refractivity contribution in [2.24, 2.45) is 0 Å². The van der Waals surface area contributed by atoms with Gasteiger partial charge in [-0.25, -0.2) is 0 Å². The van der Waals surface area contributed by atoms with Gasteiger partial charge in [0.25, 0.3) is 5.91 Å². The van der Waals surface area contributed by atoms with E-state index in [1.54, 1.807) is 19.1 Å². The maximum Gasteiger partial charge on any atom is 0.253 e. The predicted molar refractivity (Wildman–Crippen MR) is 98.0 cm³/mol. The minimum absolute atomic E-state index is 0.0895. The van der Waals surface area contributed by atoms with Crippen LogP contribution in [0, 0.1) is 13.8 Å². The van der Waals surface area contributed by atoms with E-state index in [1.165, 1.54) is 0 Å². The fraction of sp³-hybridized carbons (Fsp3) is 0.450. The summed E-state index contributed by atoms with van der Waals surface area (Å²) in [5.41, 5.74) is 1.42. The number of anilines is 1. The second kappa shape index (κ2) is 6.92. The van der Waals surface area contributed by atoms with Gasteiger partial charge in [0, 0.05) is 18.8 Å². The lowest BCUT2D eigenvalue weighted by molar-refractivity contribution is 0.0323. The van der Waals surface area contributed by atoms with E-state index in [1.807, 2.05) is 32.0 Å². The topological polar surface area (TPSA) is 65.7 Å². The molecule has 1 amide bonds. The third-order valence-electron chi connectivity index (χ3n) is 4.71. The van der Waals surface area contributed by atoms with Gasteiger partial charge in [-0.3, -0.25) is 4.79 Å². The first-order chi connectivity index (χ1) is 11.9. The van der Waals surface area contributed by atoms with Gasteiger partial charge < -0.3 is 19.7 Å². The van der Waals surface area contributed by atoms with E-state index in [2.05, 4.69) is 10.2 Å². The van der Waals surface area contributed by atoms with E-state index in [0.717, 1.165) is 42.9 Å². The number of amides is 1. The van der Waals surface area contributed by atoms with Gasteiger partial charge in [0.1, 0.15) is 17.1 Å². The lowest BCUT2D eigenvalue weighted by atomic mass is 10.0. The van der Waals surface area contributed by atoms with Gasteiger partial charge in [-0.05, 0) is 57.9 Å². The molecule has 5 heteroatoms. The van der Waals surface area contributed by atoms with Crippen LogP contribution in [-0.2, 0) is 5.60 Å². The Bertz CT molecular complexity index is 758. The van der Waals surface area contributed by atoms with Gasteiger partial charge >= 0.3 is 0 Å². The van der Waals surface area contributed by atoms with Crippen molar-refractivity contribution >= 4 is 11.6 Å². The summed E-state index contributed by atoms with van der Waals surface area (Å²) in [5, 5.41) is 13.5. The first-order valence-electron chi connectivity index (χ1n) is 8.80. The molecule has 2 N–H and O–H groups in total. The number of aryl methyl sites for hydroxylation is 2. The summed E-state index contributed by atoms with van der Waals surface area (Å²) in [6, 6.07) is 9.51. The Balaban J connectivity index is 1.76. The van der Waals surface area contributed by atoms with Crippen LogP contribution in [0.25, 0.3) is 0 Å². The van der Waals surface area contributed by atoms with Crippen molar-refractivity contribution in [1.29, 1.82) is 0 Å². The fourth-order valence-electron chi connectivity index (χ4n) is 3.22. The molecule has 3 rings (SSSR count). The maximum absolute atomic E-state index is 12.8. The first-order valence-corrected chi connectivity index (χ1v) is 8.80. The molecule has 1 aromatic heterocycles. The van der Waals surface area contributed by atoms with Crippen LogP contribution in [-0.4, -0.2) is 30.6 Å². The summed E-state index contributed by atoms with van der Waals surface area (Å²) in [6.07, 6.45) is 2.31. The highest BCUT2D eigenvalue weighted by Gasteiger charge is 2.28. The van der Waals surface area contributed by atoms with Crippen LogP contribution in [0.3, 0.4) is 0 Å². The van der Waals surface area contributed by atoms with Gasteiger partial charge in [0.2, 0.25) is 0 Å². The quantitative estimate of drug-likeness (QED) is 0.876. The molecule has 1 aliphatic rings. The fourth-order valence-corrected chi connectivity index (χ4v) is 3.22. The van der Waals surface area contributed by atoms with Gasteiger partial charge in [0.15, 0.2) is 0 Å². The molecule has 0 saturated carbocycles. The number of carbonyl (C=O) groups excluding carboxylic acids is 1. The Morgan fingerprint density at radius 1 is 1.24 bits per heavy atom. The molecule has 25 heavy (non-hydrogen) atoms. The first kappa shape index (κ1) is 17.5. The van der Waals surface area contributed by atoms with Crippen molar-refractivity contribution in [2.75, 3.05) is 24.5 Å². The molecule has 134 valence electrons. The number of carbonyl (C=O) groups is 1. The summed E-state index contributed by atoms with van der Waals surface area (Å²) in [4.78, 5) is 15.0. The summed E-state index contributed by atoms with van der Waals surface area (Å²) < 4.78 is 5.50. The Morgan fingerprint density at radius 3 is 2.60 bits per heavy atom. The lowest BCUT2D eigenvalue weighted by Crippen LogP contribution is -2.39. The number of hydrogen-bond donors (Lipinski definition) is 2. The van der Waals surface area contributed by atoms with E-state index in [0.29, 0.717) is 11.3 Å². The third kappa shape index (κ3) is 3.87. The third-order valence-corrected chi connectivity index (χ3v) is 4.71. The average molecular weight is 342 g/mol. The maximum atomic E-state index is 12.8. The largest absolute Gasteiger partial charge is 0.463 e. The molecule has 1 aromatic carbocycles. The van der Waals surface area contributed by atoms with Crippen LogP contribution >= 0.6 is 0 Å². The van der Waals surface area contributed by atoms with Crippen molar-refractivity contribution in [3.8, 4) is 0 Å². The minimum atomic E-state index is -1.25. The summed E-state index contributed by atoms with van der Waals surface area (Å²) in [7, 11) is 0. The molecule has 1 fully saturated rings. The van der Waals surface area contributed by atoms with Gasteiger partial charge in [-0.2, -0.15) is 0 Å². The van der Waals surface area contributed by atoms with Crippen LogP contribution in [0.1, 0.15) is 47.2 Å². The lowest BCUT2D eigenvalue weighted by Gasteiger charge is -2.24. The van der Waals surface area contributed by atoms with Crippen molar-refractivity contribution in [3.05, 3.63) is 53.0 Å². The molecule has 1 unspecified atom stereocenters. The Morgan fingerprint density at radius 2 is 1.96 bits per heavy atom. The smallest absolute Gasteiger partial charge is 0.253 e. The van der Waals surface area contributed by atoms with Crippen molar-refractivity contribution < 1.29 is 14.3 Å². The highest BCUT2D eigenvalue weighted by Crippen LogP contribution is 2.26. The SMILES string of the molecule is Cc1ccc(N2CCCC2)c(C(=O)NCC(C)(O)c2ccc(C)o2)c1. The van der Waals surface area contributed by atoms with E-state index in [9.17, 15) is 9.90 Å². The minimum Gasteiger partial charge on any atom is -0.463 e. The molecule has 5 nitrogen and oxygen atoms in total. The molecular weight excluding hydrogens is 316 g/mol. The van der Waals surface area contributed by atoms with Crippen LogP contribution in [0.4, 0.5) is 5.69 Å². The van der Waals surface area contributed by atoms with Crippen molar-refractivity contribution in [2.45, 2.75) is 39.2 Å². The van der Waals surface area contributed by atoms with E-state index in [4.69, 9.17) is 4.42 Å². The zero-order valence-electron chi connectivity index (χ0n) is 15.1. The zero-order valence-corrected chi connectivity index (χ0v) is 15.1. The molecule has 0 radical (unpaired) electrons. The number of rotatable bonds is 5. The number of hydrogen-bond acceptors (Lipinski definition) is 4. The molecule has 2 heterocycles. The molecule has 1 atom stereocenters.